The normalized spacial score (nSPS) is 10.1. The van der Waals surface area contributed by atoms with Crippen LogP contribution >= 0.6 is 0 Å². The van der Waals surface area contributed by atoms with Crippen LogP contribution in [0.3, 0.4) is 0 Å². The molecule has 0 amide bonds. The van der Waals surface area contributed by atoms with Gasteiger partial charge in [0, 0.05) is 0 Å². The van der Waals surface area contributed by atoms with Crippen LogP contribution in [0.1, 0.15) is 15.9 Å². The average molecular weight is 273 g/mol. The van der Waals surface area contributed by atoms with Crippen molar-refractivity contribution in [2.24, 2.45) is 0 Å². The number of para-hydroxylation sites is 1. The number of nitrogens with zero attached hydrogens (tertiary/aromatic N) is 1. The third-order valence-electron chi connectivity index (χ3n) is 2.70. The second kappa shape index (κ2) is 5.40. The molecule has 2 aromatic carbocycles. The lowest BCUT2D eigenvalue weighted by Gasteiger charge is -2.10. The summed E-state index contributed by atoms with van der Waals surface area (Å²) >= 11 is 0. The highest BCUT2D eigenvalue weighted by molar-refractivity contribution is 5.94. The predicted octanol–water partition coefficient (Wildman–Crippen LogP) is 3.39. The van der Waals surface area contributed by atoms with Crippen LogP contribution in [0.15, 0.2) is 42.5 Å². The van der Waals surface area contributed by atoms with Gasteiger partial charge in [0.05, 0.1) is 4.92 Å². The van der Waals surface area contributed by atoms with Gasteiger partial charge in [0.2, 0.25) is 5.75 Å². The number of ether oxygens (including phenoxy) is 1. The molecular weight excluding hydrogens is 262 g/mol. The molecule has 0 unspecified atom stereocenters. The van der Waals surface area contributed by atoms with Gasteiger partial charge in [-0.15, -0.1) is 0 Å². The zero-order valence-corrected chi connectivity index (χ0v) is 10.6. The van der Waals surface area contributed by atoms with Gasteiger partial charge in [0.25, 0.3) is 0 Å². The molecule has 0 aliphatic rings. The molecule has 6 nitrogen and oxygen atoms in total. The Labute approximate surface area is 114 Å². The topological polar surface area (TPSA) is 89.7 Å². The van der Waals surface area contributed by atoms with Gasteiger partial charge >= 0.3 is 11.7 Å². The third kappa shape index (κ3) is 2.59. The van der Waals surface area contributed by atoms with Crippen LogP contribution in [0.5, 0.6) is 11.5 Å². The number of carbonyl (C=O) groups is 1. The summed E-state index contributed by atoms with van der Waals surface area (Å²) in [6, 6.07) is 11.2. The standard InChI is InChI=1S/C14H11NO5/c1-9-7-8-11(14(16)17)12(15(18)19)13(9)20-10-5-3-2-4-6-10/h2-8H,1H3,(H,16,17). The minimum absolute atomic E-state index is 0.0545. The van der Waals surface area contributed by atoms with Crippen molar-refractivity contribution in [1.82, 2.24) is 0 Å². The van der Waals surface area contributed by atoms with E-state index in [0.29, 0.717) is 11.3 Å². The molecule has 2 aromatic rings. The van der Waals surface area contributed by atoms with Crippen LogP contribution in [0.4, 0.5) is 5.69 Å². The molecule has 0 radical (unpaired) electrons. The summed E-state index contributed by atoms with van der Waals surface area (Å²) in [5.41, 5.74) is -0.446. The number of nitro benzene ring substituents is 1. The number of benzene rings is 2. The van der Waals surface area contributed by atoms with E-state index in [9.17, 15) is 14.9 Å². The van der Waals surface area contributed by atoms with Crippen LogP contribution in [0.2, 0.25) is 0 Å². The monoisotopic (exact) mass is 273 g/mol. The molecule has 0 fully saturated rings. The Bertz CT molecular complexity index is 667. The summed E-state index contributed by atoms with van der Waals surface area (Å²) in [7, 11) is 0. The van der Waals surface area contributed by atoms with Gasteiger partial charge < -0.3 is 9.84 Å². The van der Waals surface area contributed by atoms with Crippen molar-refractivity contribution in [1.29, 1.82) is 0 Å². The Morgan fingerprint density at radius 1 is 1.20 bits per heavy atom. The third-order valence-corrected chi connectivity index (χ3v) is 2.70. The lowest BCUT2D eigenvalue weighted by Crippen LogP contribution is -2.05. The van der Waals surface area contributed by atoms with E-state index in [4.69, 9.17) is 9.84 Å². The quantitative estimate of drug-likeness (QED) is 0.681. The highest BCUT2D eigenvalue weighted by Gasteiger charge is 2.27. The molecule has 0 heterocycles. The number of carboxylic acids is 1. The summed E-state index contributed by atoms with van der Waals surface area (Å²) in [5.74, 6) is -1.02. The number of hydrogen-bond acceptors (Lipinski definition) is 4. The highest BCUT2D eigenvalue weighted by Crippen LogP contribution is 2.37. The van der Waals surface area contributed by atoms with Crippen molar-refractivity contribution in [2.45, 2.75) is 6.92 Å². The average Bonchev–Trinajstić information content (AvgIpc) is 2.41. The van der Waals surface area contributed by atoms with Crippen molar-refractivity contribution < 1.29 is 19.6 Å². The first kappa shape index (κ1) is 13.5. The van der Waals surface area contributed by atoms with E-state index in [-0.39, 0.29) is 5.75 Å². The SMILES string of the molecule is Cc1ccc(C(=O)O)c([N+](=O)[O-])c1Oc1ccccc1. The molecule has 0 saturated carbocycles. The Hall–Kier alpha value is -2.89. The van der Waals surface area contributed by atoms with Crippen LogP contribution in [-0.4, -0.2) is 16.0 Å². The number of carboxylic acid groups (broad SMARTS) is 1. The van der Waals surface area contributed by atoms with Gasteiger partial charge in [0.15, 0.2) is 0 Å². The molecule has 0 atom stereocenters. The van der Waals surface area contributed by atoms with E-state index in [1.165, 1.54) is 12.1 Å². The molecular formula is C14H11NO5. The van der Waals surface area contributed by atoms with Gasteiger partial charge in [-0.25, -0.2) is 4.79 Å². The molecule has 20 heavy (non-hydrogen) atoms. The Kier molecular flexibility index (Phi) is 3.65. The molecule has 2 rings (SSSR count). The van der Waals surface area contributed by atoms with E-state index in [2.05, 4.69) is 0 Å². The molecule has 0 bridgehead atoms. The maximum atomic E-state index is 11.2. The van der Waals surface area contributed by atoms with Crippen molar-refractivity contribution in [2.75, 3.05) is 0 Å². The van der Waals surface area contributed by atoms with E-state index >= 15 is 0 Å². The summed E-state index contributed by atoms with van der Waals surface area (Å²) in [6.45, 7) is 1.62. The second-order valence-corrected chi connectivity index (χ2v) is 4.09. The number of aryl methyl sites for hydroxylation is 1. The lowest BCUT2D eigenvalue weighted by molar-refractivity contribution is -0.386. The van der Waals surface area contributed by atoms with Gasteiger partial charge in [-0.1, -0.05) is 24.3 Å². The van der Waals surface area contributed by atoms with Gasteiger partial charge in [-0.3, -0.25) is 10.1 Å². The maximum absolute atomic E-state index is 11.2. The van der Waals surface area contributed by atoms with Gasteiger partial charge in [0.1, 0.15) is 11.3 Å². The lowest BCUT2D eigenvalue weighted by atomic mass is 10.1. The number of aromatic carboxylic acids is 1. The van der Waals surface area contributed by atoms with E-state index in [0.717, 1.165) is 0 Å². The van der Waals surface area contributed by atoms with Crippen LogP contribution in [0.25, 0.3) is 0 Å². The van der Waals surface area contributed by atoms with Gasteiger partial charge in [-0.05, 0) is 30.7 Å². The fourth-order valence-electron chi connectivity index (χ4n) is 1.76. The Morgan fingerprint density at radius 2 is 1.85 bits per heavy atom. The first-order valence-electron chi connectivity index (χ1n) is 5.75. The molecule has 102 valence electrons. The van der Waals surface area contributed by atoms with Crippen molar-refractivity contribution in [3.63, 3.8) is 0 Å². The second-order valence-electron chi connectivity index (χ2n) is 4.09. The minimum Gasteiger partial charge on any atom is -0.477 e. The first-order valence-corrected chi connectivity index (χ1v) is 5.75. The molecule has 1 N–H and O–H groups in total. The fraction of sp³-hybridized carbons (Fsp3) is 0.0714. The molecule has 0 saturated heterocycles. The first-order chi connectivity index (χ1) is 9.50. The van der Waals surface area contributed by atoms with Crippen LogP contribution in [0, 0.1) is 17.0 Å². The number of nitro groups is 1. The molecule has 0 aromatic heterocycles. The van der Waals surface area contributed by atoms with E-state index < -0.39 is 22.1 Å². The number of rotatable bonds is 4. The van der Waals surface area contributed by atoms with E-state index in [1.807, 2.05) is 0 Å². The summed E-state index contributed by atoms with van der Waals surface area (Å²) < 4.78 is 5.49. The zero-order chi connectivity index (χ0) is 14.7. The highest BCUT2D eigenvalue weighted by atomic mass is 16.6. The molecule has 0 aliphatic carbocycles. The van der Waals surface area contributed by atoms with Crippen molar-refractivity contribution >= 4 is 11.7 Å². The van der Waals surface area contributed by atoms with Crippen LogP contribution in [-0.2, 0) is 0 Å². The van der Waals surface area contributed by atoms with Gasteiger partial charge in [-0.2, -0.15) is 0 Å². The zero-order valence-electron chi connectivity index (χ0n) is 10.6. The van der Waals surface area contributed by atoms with E-state index in [1.54, 1.807) is 37.3 Å². The molecule has 6 heteroatoms. The van der Waals surface area contributed by atoms with Crippen molar-refractivity contribution in [3.8, 4) is 11.5 Å². The number of hydrogen-bond donors (Lipinski definition) is 1. The largest absolute Gasteiger partial charge is 0.477 e. The maximum Gasteiger partial charge on any atom is 0.342 e. The molecule has 0 spiro atoms. The minimum atomic E-state index is -1.37. The summed E-state index contributed by atoms with van der Waals surface area (Å²) in [4.78, 5) is 21.5. The molecule has 0 aliphatic heterocycles. The Morgan fingerprint density at radius 3 is 2.40 bits per heavy atom. The smallest absolute Gasteiger partial charge is 0.342 e. The predicted molar refractivity (Wildman–Crippen MR) is 71.3 cm³/mol. The van der Waals surface area contributed by atoms with Crippen LogP contribution < -0.4 is 4.74 Å². The summed E-state index contributed by atoms with van der Waals surface area (Å²) in [6.07, 6.45) is 0. The Balaban J connectivity index is 2.59. The van der Waals surface area contributed by atoms with Crippen molar-refractivity contribution in [3.05, 3.63) is 63.7 Å². The summed E-state index contributed by atoms with van der Waals surface area (Å²) in [5, 5.41) is 20.2. The fourth-order valence-corrected chi connectivity index (χ4v) is 1.76.